The van der Waals surface area contributed by atoms with Crippen LogP contribution in [0.3, 0.4) is 0 Å². The second-order valence-corrected chi connectivity index (χ2v) is 2.92. The number of thiol groups is 1. The smallest absolute Gasteiger partial charge is 0.231 e. The summed E-state index contributed by atoms with van der Waals surface area (Å²) >= 11 is 4.00. The van der Waals surface area contributed by atoms with Crippen molar-refractivity contribution in [2.45, 2.75) is 18.6 Å². The fourth-order valence-electron chi connectivity index (χ4n) is 0.755. The molecule has 0 rings (SSSR count). The van der Waals surface area contributed by atoms with E-state index in [4.69, 9.17) is 11.5 Å². The molecule has 0 aliphatic rings. The Bertz CT molecular complexity index is 158. The van der Waals surface area contributed by atoms with Gasteiger partial charge in [-0.05, 0) is 6.42 Å². The van der Waals surface area contributed by atoms with Crippen molar-refractivity contribution in [3.05, 3.63) is 0 Å². The van der Waals surface area contributed by atoms with E-state index in [0.717, 1.165) is 0 Å². The Balaban J connectivity index is 4.34. The molecule has 0 bridgehead atoms. The second-order valence-electron chi connectivity index (χ2n) is 2.26. The standard InChI is InChI=1S/C6H12N2O2S/c1-2-3(11)4(5(7)9)6(8)10/h3-4,11H,2H2,1H3,(H2,7,9)(H2,8,10). The van der Waals surface area contributed by atoms with Gasteiger partial charge < -0.3 is 11.5 Å². The lowest BCUT2D eigenvalue weighted by Gasteiger charge is -2.14. The molecule has 0 aromatic heterocycles. The van der Waals surface area contributed by atoms with Crippen LogP contribution < -0.4 is 11.5 Å². The largest absolute Gasteiger partial charge is 0.369 e. The zero-order valence-corrected chi connectivity index (χ0v) is 7.17. The highest BCUT2D eigenvalue weighted by atomic mass is 32.1. The molecule has 0 aromatic carbocycles. The van der Waals surface area contributed by atoms with Gasteiger partial charge >= 0.3 is 0 Å². The van der Waals surface area contributed by atoms with Crippen molar-refractivity contribution in [1.29, 1.82) is 0 Å². The fourth-order valence-corrected chi connectivity index (χ4v) is 1.05. The highest BCUT2D eigenvalue weighted by molar-refractivity contribution is 7.81. The SMILES string of the molecule is CCC(S)C(C(N)=O)C(N)=O. The molecule has 0 spiro atoms. The van der Waals surface area contributed by atoms with E-state index in [2.05, 4.69) is 12.6 Å². The Morgan fingerprint density at radius 2 is 1.73 bits per heavy atom. The van der Waals surface area contributed by atoms with Crippen LogP contribution in [0.5, 0.6) is 0 Å². The Morgan fingerprint density at radius 1 is 1.36 bits per heavy atom. The van der Waals surface area contributed by atoms with Crippen LogP contribution in [0, 0.1) is 5.92 Å². The fraction of sp³-hybridized carbons (Fsp3) is 0.667. The van der Waals surface area contributed by atoms with Gasteiger partial charge in [-0.15, -0.1) is 0 Å². The van der Waals surface area contributed by atoms with Crippen molar-refractivity contribution in [2.75, 3.05) is 0 Å². The van der Waals surface area contributed by atoms with Gasteiger partial charge in [-0.1, -0.05) is 6.92 Å². The molecular weight excluding hydrogens is 164 g/mol. The van der Waals surface area contributed by atoms with Gasteiger partial charge in [0, 0.05) is 5.25 Å². The van der Waals surface area contributed by atoms with Crippen molar-refractivity contribution in [2.24, 2.45) is 17.4 Å². The molecule has 0 fully saturated rings. The summed E-state index contributed by atoms with van der Waals surface area (Å²) < 4.78 is 0. The van der Waals surface area contributed by atoms with E-state index in [1.807, 2.05) is 0 Å². The normalized spacial score (nSPS) is 13.0. The van der Waals surface area contributed by atoms with Gasteiger partial charge in [-0.3, -0.25) is 9.59 Å². The monoisotopic (exact) mass is 176 g/mol. The summed E-state index contributed by atoms with van der Waals surface area (Å²) in [6.45, 7) is 1.80. The first kappa shape index (κ1) is 10.3. The summed E-state index contributed by atoms with van der Waals surface area (Å²) in [5, 5.41) is -0.370. The minimum absolute atomic E-state index is 0.370. The summed E-state index contributed by atoms with van der Waals surface area (Å²) in [4.78, 5) is 21.2. The van der Waals surface area contributed by atoms with Crippen LogP contribution >= 0.6 is 12.6 Å². The maximum absolute atomic E-state index is 10.6. The lowest BCUT2D eigenvalue weighted by atomic mass is 10.0. The number of amides is 2. The molecule has 0 aliphatic heterocycles. The minimum atomic E-state index is -0.955. The van der Waals surface area contributed by atoms with Crippen LogP contribution in [0.25, 0.3) is 0 Å². The third-order valence-electron chi connectivity index (χ3n) is 1.42. The highest BCUT2D eigenvalue weighted by Gasteiger charge is 2.27. The zero-order valence-electron chi connectivity index (χ0n) is 6.28. The molecular formula is C6H12N2O2S. The van der Waals surface area contributed by atoms with Crippen molar-refractivity contribution in [1.82, 2.24) is 0 Å². The van der Waals surface area contributed by atoms with Gasteiger partial charge in [-0.25, -0.2) is 0 Å². The van der Waals surface area contributed by atoms with E-state index in [9.17, 15) is 9.59 Å². The molecule has 0 aromatic rings. The molecule has 11 heavy (non-hydrogen) atoms. The van der Waals surface area contributed by atoms with E-state index in [1.165, 1.54) is 0 Å². The maximum atomic E-state index is 10.6. The molecule has 64 valence electrons. The van der Waals surface area contributed by atoms with E-state index in [-0.39, 0.29) is 5.25 Å². The summed E-state index contributed by atoms with van der Waals surface area (Å²) in [5.41, 5.74) is 9.85. The van der Waals surface area contributed by atoms with Crippen LogP contribution in [0.2, 0.25) is 0 Å². The molecule has 0 radical (unpaired) electrons. The Labute approximate surface area is 70.7 Å². The quantitative estimate of drug-likeness (QED) is 0.390. The zero-order chi connectivity index (χ0) is 9.02. The van der Waals surface area contributed by atoms with Gasteiger partial charge in [-0.2, -0.15) is 12.6 Å². The average Bonchev–Trinajstić information content (AvgIpc) is 1.85. The topological polar surface area (TPSA) is 86.2 Å². The van der Waals surface area contributed by atoms with E-state index in [0.29, 0.717) is 6.42 Å². The lowest BCUT2D eigenvalue weighted by molar-refractivity contribution is -0.131. The third kappa shape index (κ3) is 2.80. The number of carbonyl (C=O) groups is 2. The molecule has 0 heterocycles. The van der Waals surface area contributed by atoms with Crippen LogP contribution in [0.15, 0.2) is 0 Å². The van der Waals surface area contributed by atoms with E-state index >= 15 is 0 Å². The maximum Gasteiger partial charge on any atom is 0.231 e. The predicted molar refractivity (Wildman–Crippen MR) is 44.9 cm³/mol. The lowest BCUT2D eigenvalue weighted by Crippen LogP contribution is -2.40. The van der Waals surface area contributed by atoms with Crippen molar-refractivity contribution >= 4 is 24.4 Å². The average molecular weight is 176 g/mol. The molecule has 4 nitrogen and oxygen atoms in total. The summed E-state index contributed by atoms with van der Waals surface area (Å²) in [7, 11) is 0. The molecule has 0 saturated heterocycles. The Hall–Kier alpha value is -0.710. The molecule has 5 heteroatoms. The number of hydrogen-bond acceptors (Lipinski definition) is 3. The van der Waals surface area contributed by atoms with Gasteiger partial charge in [0.15, 0.2) is 0 Å². The molecule has 2 amide bonds. The van der Waals surface area contributed by atoms with Crippen LogP contribution in [-0.4, -0.2) is 17.1 Å². The van der Waals surface area contributed by atoms with Crippen molar-refractivity contribution in [3.63, 3.8) is 0 Å². The molecule has 4 N–H and O–H groups in total. The molecule has 0 aliphatic carbocycles. The number of rotatable bonds is 4. The van der Waals surface area contributed by atoms with Gasteiger partial charge in [0.25, 0.3) is 0 Å². The minimum Gasteiger partial charge on any atom is -0.369 e. The summed E-state index contributed by atoms with van der Waals surface area (Å²) in [6, 6.07) is 0. The third-order valence-corrected chi connectivity index (χ3v) is 2.08. The number of nitrogens with two attached hydrogens (primary N) is 2. The summed E-state index contributed by atoms with van der Waals surface area (Å²) in [5.74, 6) is -2.37. The summed E-state index contributed by atoms with van der Waals surface area (Å²) in [6.07, 6.45) is 0.583. The highest BCUT2D eigenvalue weighted by Crippen LogP contribution is 2.12. The van der Waals surface area contributed by atoms with E-state index < -0.39 is 17.7 Å². The first-order valence-electron chi connectivity index (χ1n) is 3.27. The van der Waals surface area contributed by atoms with Gasteiger partial charge in [0.1, 0.15) is 5.92 Å². The number of primary amides is 2. The van der Waals surface area contributed by atoms with Crippen LogP contribution in [0.1, 0.15) is 13.3 Å². The number of carbonyl (C=O) groups excluding carboxylic acids is 2. The molecule has 1 atom stereocenters. The van der Waals surface area contributed by atoms with Crippen LogP contribution in [-0.2, 0) is 9.59 Å². The van der Waals surface area contributed by atoms with Gasteiger partial charge in [0.05, 0.1) is 0 Å². The van der Waals surface area contributed by atoms with Crippen LogP contribution in [0.4, 0.5) is 0 Å². The first-order valence-corrected chi connectivity index (χ1v) is 3.79. The van der Waals surface area contributed by atoms with E-state index in [1.54, 1.807) is 6.92 Å². The Kier molecular flexibility index (Phi) is 3.95. The Morgan fingerprint density at radius 3 is 1.82 bits per heavy atom. The molecule has 0 saturated carbocycles. The van der Waals surface area contributed by atoms with Crippen molar-refractivity contribution in [3.8, 4) is 0 Å². The predicted octanol–water partition coefficient (Wildman–Crippen LogP) is -0.718. The first-order chi connectivity index (χ1) is 5.00. The van der Waals surface area contributed by atoms with Gasteiger partial charge in [0.2, 0.25) is 11.8 Å². The number of hydrogen-bond donors (Lipinski definition) is 3. The van der Waals surface area contributed by atoms with Crippen molar-refractivity contribution < 1.29 is 9.59 Å². The molecule has 1 unspecified atom stereocenters. The second kappa shape index (κ2) is 4.23.